The van der Waals surface area contributed by atoms with Gasteiger partial charge < -0.3 is 5.32 Å². The number of thioether (sulfide) groups is 1. The molecule has 0 saturated carbocycles. The zero-order chi connectivity index (χ0) is 19.6. The fraction of sp³-hybridized carbons (Fsp3) is 0.278. The van der Waals surface area contributed by atoms with Crippen molar-refractivity contribution in [1.29, 1.82) is 0 Å². The van der Waals surface area contributed by atoms with Crippen molar-refractivity contribution in [3.05, 3.63) is 51.7 Å². The van der Waals surface area contributed by atoms with Crippen LogP contribution < -0.4 is 10.9 Å². The van der Waals surface area contributed by atoms with Gasteiger partial charge in [0.15, 0.2) is 10.8 Å². The highest BCUT2D eigenvalue weighted by Crippen LogP contribution is 2.21. The van der Waals surface area contributed by atoms with Crippen molar-refractivity contribution in [3.63, 3.8) is 0 Å². The molecule has 0 aliphatic heterocycles. The molecule has 2 aromatic heterocycles. The van der Waals surface area contributed by atoms with Crippen LogP contribution in [-0.4, -0.2) is 31.2 Å². The van der Waals surface area contributed by atoms with Gasteiger partial charge in [0.1, 0.15) is 17.8 Å². The zero-order valence-electron chi connectivity index (χ0n) is 15.1. The van der Waals surface area contributed by atoms with Crippen LogP contribution in [0.4, 0.5) is 5.69 Å². The first kappa shape index (κ1) is 19.3. The summed E-state index contributed by atoms with van der Waals surface area (Å²) in [7, 11) is 0. The maximum Gasteiger partial charge on any atom is 0.265 e. The van der Waals surface area contributed by atoms with E-state index in [2.05, 4.69) is 20.3 Å². The maximum absolute atomic E-state index is 12.8. The van der Waals surface area contributed by atoms with Crippen molar-refractivity contribution < 1.29 is 4.79 Å². The first-order chi connectivity index (χ1) is 12.9. The number of hydrogen-bond donors (Lipinski definition) is 1. The Balaban J connectivity index is 1.90. The van der Waals surface area contributed by atoms with Gasteiger partial charge in [-0.25, -0.2) is 15.0 Å². The fourth-order valence-corrected chi connectivity index (χ4v) is 3.19. The number of amides is 1. The number of carbonyl (C=O) groups is 1. The Labute approximate surface area is 165 Å². The number of aromatic nitrogens is 4. The average molecular weight is 404 g/mol. The first-order valence-electron chi connectivity index (χ1n) is 8.34. The van der Waals surface area contributed by atoms with Gasteiger partial charge in [-0.2, -0.15) is 0 Å². The van der Waals surface area contributed by atoms with Crippen molar-refractivity contribution in [3.8, 4) is 0 Å². The molecule has 0 bridgehead atoms. The molecule has 1 amide bonds. The lowest BCUT2D eigenvalue weighted by Gasteiger charge is -2.16. The normalized spacial score (nSPS) is 12.1. The Kier molecular flexibility index (Phi) is 5.76. The van der Waals surface area contributed by atoms with Gasteiger partial charge in [0.05, 0.1) is 0 Å². The molecule has 0 spiro atoms. The van der Waals surface area contributed by atoms with E-state index in [1.807, 2.05) is 19.9 Å². The van der Waals surface area contributed by atoms with E-state index in [1.54, 1.807) is 19.1 Å². The van der Waals surface area contributed by atoms with Crippen molar-refractivity contribution in [2.75, 3.05) is 11.1 Å². The van der Waals surface area contributed by atoms with Crippen LogP contribution in [0.5, 0.6) is 0 Å². The molecule has 140 valence electrons. The quantitative estimate of drug-likeness (QED) is 0.518. The monoisotopic (exact) mass is 403 g/mol. The molecule has 0 aliphatic carbocycles. The molecule has 0 unspecified atom stereocenters. The van der Waals surface area contributed by atoms with Crippen LogP contribution >= 0.6 is 23.4 Å². The minimum absolute atomic E-state index is 0.275. The molecule has 1 aromatic carbocycles. The molecule has 0 aliphatic rings. The lowest BCUT2D eigenvalue weighted by Crippen LogP contribution is -2.32. The molecule has 7 nitrogen and oxygen atoms in total. The van der Waals surface area contributed by atoms with Crippen molar-refractivity contribution in [1.82, 2.24) is 19.5 Å². The summed E-state index contributed by atoms with van der Waals surface area (Å²) in [6.07, 6.45) is 2.80. The van der Waals surface area contributed by atoms with Crippen molar-refractivity contribution >= 4 is 46.0 Å². The largest absolute Gasteiger partial charge is 0.324 e. The molecule has 1 atom stereocenters. The maximum atomic E-state index is 12.8. The Bertz CT molecular complexity index is 1070. The molecule has 0 fully saturated rings. The molecule has 1 N–H and O–H groups in total. The number of nitrogens with one attached hydrogen (secondary N) is 1. The smallest absolute Gasteiger partial charge is 0.265 e. The van der Waals surface area contributed by atoms with Crippen LogP contribution in [0.2, 0.25) is 5.02 Å². The molecule has 2 heterocycles. The molecular formula is C18H18ClN5O2S. The number of nitrogens with zero attached hydrogens (tertiary/aromatic N) is 4. The first-order valence-corrected chi connectivity index (χ1v) is 9.70. The highest BCUT2D eigenvalue weighted by molar-refractivity contribution is 7.99. The summed E-state index contributed by atoms with van der Waals surface area (Å²) in [6.45, 7) is 5.49. The summed E-state index contributed by atoms with van der Waals surface area (Å²) in [5.74, 6) is 0.477. The van der Waals surface area contributed by atoms with Gasteiger partial charge >= 0.3 is 0 Å². The second-order valence-electron chi connectivity index (χ2n) is 5.90. The number of anilines is 1. The minimum atomic E-state index is -0.766. The molecule has 27 heavy (non-hydrogen) atoms. The predicted molar refractivity (Wildman–Crippen MR) is 108 cm³/mol. The number of benzene rings is 1. The van der Waals surface area contributed by atoms with Gasteiger partial charge in [-0.3, -0.25) is 14.2 Å². The third-order valence-electron chi connectivity index (χ3n) is 4.04. The van der Waals surface area contributed by atoms with Crippen LogP contribution in [-0.2, 0) is 4.79 Å². The van der Waals surface area contributed by atoms with Gasteiger partial charge in [0.25, 0.3) is 5.56 Å². The molecule has 3 rings (SSSR count). The second kappa shape index (κ2) is 8.06. The topological polar surface area (TPSA) is 89.8 Å². The summed E-state index contributed by atoms with van der Waals surface area (Å²) in [4.78, 5) is 38.1. The summed E-state index contributed by atoms with van der Waals surface area (Å²) < 4.78 is 1.27. The van der Waals surface area contributed by atoms with E-state index in [0.29, 0.717) is 21.5 Å². The molecule has 0 saturated heterocycles. The number of hydrogen-bond acceptors (Lipinski definition) is 6. The van der Waals surface area contributed by atoms with Crippen LogP contribution in [0.25, 0.3) is 11.0 Å². The summed E-state index contributed by atoms with van der Waals surface area (Å²) in [5, 5.41) is 4.17. The van der Waals surface area contributed by atoms with E-state index in [9.17, 15) is 9.59 Å². The lowest BCUT2D eigenvalue weighted by atomic mass is 10.2. The lowest BCUT2D eigenvalue weighted by molar-refractivity contribution is -0.118. The standard InChI is InChI=1S/C18H18ClN5O2S/c1-4-27-18-20-8-13-15(23-18)21-9-24(17(13)26)11(3)16(25)22-14-7-12(19)6-5-10(14)2/h5-9,11H,4H2,1-3H3,(H,22,25)/t11-/m0/s1. The zero-order valence-corrected chi connectivity index (χ0v) is 16.6. The SMILES string of the molecule is CCSc1ncc2c(=O)n([C@@H](C)C(=O)Nc3cc(Cl)ccc3C)cnc2n1. The van der Waals surface area contributed by atoms with E-state index in [-0.39, 0.29) is 16.9 Å². The van der Waals surface area contributed by atoms with Gasteiger partial charge in [-0.1, -0.05) is 36.4 Å². The molecule has 9 heteroatoms. The van der Waals surface area contributed by atoms with E-state index in [4.69, 9.17) is 11.6 Å². The number of halogens is 1. The van der Waals surface area contributed by atoms with Crippen molar-refractivity contribution in [2.24, 2.45) is 0 Å². The fourth-order valence-electron chi connectivity index (χ4n) is 2.48. The van der Waals surface area contributed by atoms with Gasteiger partial charge in [-0.15, -0.1) is 0 Å². The Morgan fingerprint density at radius 3 is 2.89 bits per heavy atom. The van der Waals surface area contributed by atoms with E-state index in [1.165, 1.54) is 28.9 Å². The Hall–Kier alpha value is -2.45. The van der Waals surface area contributed by atoms with E-state index >= 15 is 0 Å². The Morgan fingerprint density at radius 1 is 1.37 bits per heavy atom. The summed E-state index contributed by atoms with van der Waals surface area (Å²) in [5.41, 5.74) is 1.43. The summed E-state index contributed by atoms with van der Waals surface area (Å²) in [6, 6.07) is 4.47. The van der Waals surface area contributed by atoms with Crippen LogP contribution in [0, 0.1) is 6.92 Å². The van der Waals surface area contributed by atoms with Crippen LogP contribution in [0.15, 0.2) is 40.7 Å². The minimum Gasteiger partial charge on any atom is -0.324 e. The Morgan fingerprint density at radius 2 is 2.15 bits per heavy atom. The van der Waals surface area contributed by atoms with Crippen LogP contribution in [0.3, 0.4) is 0 Å². The second-order valence-corrected chi connectivity index (χ2v) is 7.57. The number of aryl methyl sites for hydroxylation is 1. The van der Waals surface area contributed by atoms with Gasteiger partial charge in [0.2, 0.25) is 5.91 Å². The molecule has 3 aromatic rings. The average Bonchev–Trinajstić information content (AvgIpc) is 2.64. The number of rotatable bonds is 5. The van der Waals surface area contributed by atoms with Crippen molar-refractivity contribution in [2.45, 2.75) is 32.0 Å². The van der Waals surface area contributed by atoms with Gasteiger partial charge in [0, 0.05) is 16.9 Å². The van der Waals surface area contributed by atoms with Gasteiger partial charge in [-0.05, 0) is 37.3 Å². The summed E-state index contributed by atoms with van der Waals surface area (Å²) >= 11 is 7.46. The predicted octanol–water partition coefficient (Wildman–Crippen LogP) is 3.46. The molecular weight excluding hydrogens is 386 g/mol. The highest BCUT2D eigenvalue weighted by atomic mass is 35.5. The van der Waals surface area contributed by atoms with Crippen LogP contribution in [0.1, 0.15) is 25.5 Å². The third kappa shape index (κ3) is 4.12. The number of fused-ring (bicyclic) bond motifs is 1. The van der Waals surface area contributed by atoms with E-state index < -0.39 is 6.04 Å². The number of carbonyl (C=O) groups excluding carboxylic acids is 1. The molecule has 0 radical (unpaired) electrons. The highest BCUT2D eigenvalue weighted by Gasteiger charge is 2.19. The van der Waals surface area contributed by atoms with E-state index in [0.717, 1.165) is 11.3 Å². The third-order valence-corrected chi connectivity index (χ3v) is 5.02.